The van der Waals surface area contributed by atoms with Gasteiger partial charge in [0.1, 0.15) is 5.52 Å². The molecule has 0 aliphatic heterocycles. The standard InChI is InChI=1S/C14H14N4O/c1-9-7-11(15)12-13(16-9)18(14(19)17-12)8-10-5-3-2-4-6-10/h2-7H,8H2,1H3,(H2,15,16)(H,17,19). The average molecular weight is 254 g/mol. The Labute approximate surface area is 109 Å². The van der Waals surface area contributed by atoms with Crippen LogP contribution in [-0.2, 0) is 6.54 Å². The third-order valence-corrected chi connectivity index (χ3v) is 3.08. The number of rotatable bonds is 2. The van der Waals surface area contributed by atoms with Crippen molar-refractivity contribution in [3.8, 4) is 0 Å². The van der Waals surface area contributed by atoms with Crippen LogP contribution in [-0.4, -0.2) is 14.5 Å². The Kier molecular flexibility index (Phi) is 2.59. The number of nitrogen functional groups attached to an aromatic ring is 1. The van der Waals surface area contributed by atoms with Crippen molar-refractivity contribution in [2.75, 3.05) is 5.73 Å². The number of H-pyrrole nitrogens is 1. The fourth-order valence-corrected chi connectivity index (χ4v) is 2.19. The quantitative estimate of drug-likeness (QED) is 0.730. The molecule has 0 saturated heterocycles. The molecule has 3 aromatic rings. The number of aromatic amines is 1. The monoisotopic (exact) mass is 254 g/mol. The van der Waals surface area contributed by atoms with Gasteiger partial charge in [0.2, 0.25) is 0 Å². The molecule has 3 N–H and O–H groups in total. The van der Waals surface area contributed by atoms with Crippen LogP contribution in [0.1, 0.15) is 11.3 Å². The number of nitrogens with zero attached hydrogens (tertiary/aromatic N) is 2. The molecule has 0 fully saturated rings. The van der Waals surface area contributed by atoms with Crippen LogP contribution in [0.4, 0.5) is 5.69 Å². The average Bonchev–Trinajstić information content (AvgIpc) is 2.69. The Balaban J connectivity index is 2.18. The molecule has 2 heterocycles. The van der Waals surface area contributed by atoms with Crippen molar-refractivity contribution < 1.29 is 0 Å². The Hall–Kier alpha value is -2.56. The molecule has 0 amide bonds. The van der Waals surface area contributed by atoms with Crippen LogP contribution in [0.25, 0.3) is 11.2 Å². The molecule has 0 radical (unpaired) electrons. The highest BCUT2D eigenvalue weighted by Crippen LogP contribution is 2.17. The normalized spacial score (nSPS) is 11.0. The molecule has 1 aromatic carbocycles. The first-order valence-electron chi connectivity index (χ1n) is 6.05. The zero-order valence-electron chi connectivity index (χ0n) is 10.6. The first kappa shape index (κ1) is 11.5. The number of hydrogen-bond acceptors (Lipinski definition) is 3. The van der Waals surface area contributed by atoms with Crippen LogP contribution in [0, 0.1) is 6.92 Å². The molecule has 2 aromatic heterocycles. The molecule has 0 atom stereocenters. The predicted octanol–water partition coefficient (Wildman–Crippen LogP) is 1.66. The van der Waals surface area contributed by atoms with Crippen LogP contribution in [0.15, 0.2) is 41.2 Å². The zero-order valence-corrected chi connectivity index (χ0v) is 10.6. The number of anilines is 1. The van der Waals surface area contributed by atoms with Crippen LogP contribution in [0.3, 0.4) is 0 Å². The lowest BCUT2D eigenvalue weighted by Crippen LogP contribution is -2.17. The van der Waals surface area contributed by atoms with E-state index < -0.39 is 0 Å². The molecular formula is C14H14N4O. The van der Waals surface area contributed by atoms with E-state index in [-0.39, 0.29) is 5.69 Å². The molecule has 0 aliphatic carbocycles. The first-order valence-corrected chi connectivity index (χ1v) is 6.05. The number of aryl methyl sites for hydroxylation is 1. The summed E-state index contributed by atoms with van der Waals surface area (Å²) in [5.41, 5.74) is 9.32. The second-order valence-electron chi connectivity index (χ2n) is 4.55. The number of fused-ring (bicyclic) bond motifs is 1. The minimum Gasteiger partial charge on any atom is -0.397 e. The molecule has 0 spiro atoms. The topological polar surface area (TPSA) is 76.7 Å². The highest BCUT2D eigenvalue weighted by atomic mass is 16.1. The van der Waals surface area contributed by atoms with Crippen molar-refractivity contribution in [3.05, 3.63) is 58.1 Å². The SMILES string of the molecule is Cc1cc(N)c2[nH]c(=O)n(Cc3ccccc3)c2n1. The van der Waals surface area contributed by atoms with E-state index in [1.807, 2.05) is 37.3 Å². The molecule has 0 bridgehead atoms. The summed E-state index contributed by atoms with van der Waals surface area (Å²) < 4.78 is 1.61. The zero-order chi connectivity index (χ0) is 13.4. The van der Waals surface area contributed by atoms with Crippen molar-refractivity contribution in [1.82, 2.24) is 14.5 Å². The maximum Gasteiger partial charge on any atom is 0.328 e. The number of nitrogens with one attached hydrogen (secondary N) is 1. The van der Waals surface area contributed by atoms with E-state index in [9.17, 15) is 4.79 Å². The summed E-state index contributed by atoms with van der Waals surface area (Å²) in [6.07, 6.45) is 0. The van der Waals surface area contributed by atoms with Crippen molar-refractivity contribution >= 4 is 16.9 Å². The van der Waals surface area contributed by atoms with Gasteiger partial charge in [0.05, 0.1) is 12.2 Å². The number of nitrogens with two attached hydrogens (primary N) is 1. The molecule has 19 heavy (non-hydrogen) atoms. The molecule has 0 saturated carbocycles. The van der Waals surface area contributed by atoms with Gasteiger partial charge in [-0.15, -0.1) is 0 Å². The second-order valence-corrected chi connectivity index (χ2v) is 4.55. The lowest BCUT2D eigenvalue weighted by Gasteiger charge is -2.04. The minimum atomic E-state index is -0.191. The Morgan fingerprint density at radius 2 is 2.05 bits per heavy atom. The van der Waals surface area contributed by atoms with Crippen molar-refractivity contribution in [1.29, 1.82) is 0 Å². The fraction of sp³-hybridized carbons (Fsp3) is 0.143. The number of pyridine rings is 1. The van der Waals surface area contributed by atoms with Crippen LogP contribution in [0.5, 0.6) is 0 Å². The summed E-state index contributed by atoms with van der Waals surface area (Å²) in [6, 6.07) is 11.5. The maximum atomic E-state index is 12.0. The highest BCUT2D eigenvalue weighted by Gasteiger charge is 2.11. The van der Waals surface area contributed by atoms with Gasteiger partial charge in [-0.25, -0.2) is 9.78 Å². The summed E-state index contributed by atoms with van der Waals surface area (Å²) in [5.74, 6) is 0. The number of imidazole rings is 1. The van der Waals surface area contributed by atoms with E-state index in [1.165, 1.54) is 0 Å². The highest BCUT2D eigenvalue weighted by molar-refractivity contribution is 5.84. The van der Waals surface area contributed by atoms with Gasteiger partial charge in [-0.2, -0.15) is 0 Å². The summed E-state index contributed by atoms with van der Waals surface area (Å²) in [4.78, 5) is 19.2. The molecule has 96 valence electrons. The van der Waals surface area contributed by atoms with Crippen LogP contribution >= 0.6 is 0 Å². The van der Waals surface area contributed by atoms with E-state index in [0.29, 0.717) is 23.4 Å². The van der Waals surface area contributed by atoms with Gasteiger partial charge < -0.3 is 10.7 Å². The summed E-state index contributed by atoms with van der Waals surface area (Å²) in [7, 11) is 0. The van der Waals surface area contributed by atoms with E-state index >= 15 is 0 Å². The third kappa shape index (κ3) is 1.99. The van der Waals surface area contributed by atoms with E-state index in [0.717, 1.165) is 11.3 Å². The van der Waals surface area contributed by atoms with Gasteiger partial charge in [-0.3, -0.25) is 4.57 Å². The van der Waals surface area contributed by atoms with Crippen LogP contribution in [0.2, 0.25) is 0 Å². The van der Waals surface area contributed by atoms with Crippen molar-refractivity contribution in [3.63, 3.8) is 0 Å². The van der Waals surface area contributed by atoms with E-state index in [1.54, 1.807) is 10.6 Å². The number of benzene rings is 1. The number of hydrogen-bond donors (Lipinski definition) is 2. The fourth-order valence-electron chi connectivity index (χ4n) is 2.19. The largest absolute Gasteiger partial charge is 0.397 e. The van der Waals surface area contributed by atoms with Crippen LogP contribution < -0.4 is 11.4 Å². The molecule has 5 nitrogen and oxygen atoms in total. The Morgan fingerprint density at radius 1 is 1.32 bits per heavy atom. The second kappa shape index (κ2) is 4.28. The maximum absolute atomic E-state index is 12.0. The third-order valence-electron chi connectivity index (χ3n) is 3.08. The van der Waals surface area contributed by atoms with Gasteiger partial charge in [0, 0.05) is 5.69 Å². The smallest absolute Gasteiger partial charge is 0.328 e. The Bertz CT molecular complexity index is 786. The van der Waals surface area contributed by atoms with Crippen molar-refractivity contribution in [2.24, 2.45) is 0 Å². The number of aromatic nitrogens is 3. The predicted molar refractivity (Wildman–Crippen MR) is 75.0 cm³/mol. The van der Waals surface area contributed by atoms with E-state index in [4.69, 9.17) is 5.73 Å². The lowest BCUT2D eigenvalue weighted by atomic mass is 10.2. The summed E-state index contributed by atoms with van der Waals surface area (Å²) >= 11 is 0. The van der Waals surface area contributed by atoms with Gasteiger partial charge in [0.25, 0.3) is 0 Å². The Morgan fingerprint density at radius 3 is 2.79 bits per heavy atom. The van der Waals surface area contributed by atoms with Gasteiger partial charge in [-0.05, 0) is 18.6 Å². The first-order chi connectivity index (χ1) is 9.15. The summed E-state index contributed by atoms with van der Waals surface area (Å²) in [5, 5.41) is 0. The molecule has 0 aliphatic rings. The van der Waals surface area contributed by atoms with Gasteiger partial charge in [0.15, 0.2) is 5.65 Å². The molecule has 5 heteroatoms. The molecule has 3 rings (SSSR count). The van der Waals surface area contributed by atoms with Crippen molar-refractivity contribution in [2.45, 2.75) is 13.5 Å². The molecule has 0 unspecified atom stereocenters. The minimum absolute atomic E-state index is 0.191. The lowest BCUT2D eigenvalue weighted by molar-refractivity contribution is 0.777. The summed E-state index contributed by atoms with van der Waals surface area (Å²) in [6.45, 7) is 2.34. The van der Waals surface area contributed by atoms with Gasteiger partial charge >= 0.3 is 5.69 Å². The van der Waals surface area contributed by atoms with E-state index in [2.05, 4.69) is 9.97 Å². The molecular weight excluding hydrogens is 240 g/mol. The van der Waals surface area contributed by atoms with Gasteiger partial charge in [-0.1, -0.05) is 30.3 Å².